The first kappa shape index (κ1) is 16.5. The van der Waals surface area contributed by atoms with Gasteiger partial charge in [0.1, 0.15) is 10.4 Å². The van der Waals surface area contributed by atoms with E-state index in [1.807, 2.05) is 40.0 Å². The number of carbonyl (C=O) groups excluding carboxylic acids is 2. The van der Waals surface area contributed by atoms with Gasteiger partial charge in [-0.2, -0.15) is 0 Å². The molecule has 0 unspecified atom stereocenters. The smallest absolute Gasteiger partial charge is 0.419 e. The summed E-state index contributed by atoms with van der Waals surface area (Å²) in [6.45, 7) is 9.29. The molecule has 0 aliphatic rings. The molecule has 0 bridgehead atoms. The first-order chi connectivity index (χ1) is 10.2. The summed E-state index contributed by atoms with van der Waals surface area (Å²) in [7, 11) is 1.36. The number of fused-ring (bicyclic) bond motifs is 1. The number of aryl methyl sites for hydroxylation is 1. The van der Waals surface area contributed by atoms with Crippen molar-refractivity contribution in [2.75, 3.05) is 7.11 Å². The van der Waals surface area contributed by atoms with Crippen LogP contribution in [0.2, 0.25) is 0 Å². The highest BCUT2D eigenvalue weighted by Gasteiger charge is 2.26. The summed E-state index contributed by atoms with van der Waals surface area (Å²) >= 11 is 1.47. The van der Waals surface area contributed by atoms with Gasteiger partial charge < -0.3 is 9.47 Å². The lowest BCUT2D eigenvalue weighted by Crippen LogP contribution is -2.27. The summed E-state index contributed by atoms with van der Waals surface area (Å²) in [5, 5.41) is 2.92. The molecular weight excluding hydrogens is 302 g/mol. The summed E-state index contributed by atoms with van der Waals surface area (Å²) in [6.07, 6.45) is -0.278. The summed E-state index contributed by atoms with van der Waals surface area (Å²) in [5.74, 6) is -0.322. The van der Waals surface area contributed by atoms with E-state index in [0.29, 0.717) is 0 Å². The molecule has 0 saturated heterocycles. The number of methoxy groups -OCH3 is 1. The Bertz CT molecular complexity index is 733. The minimum atomic E-state index is -0.574. The van der Waals surface area contributed by atoms with Crippen molar-refractivity contribution in [1.29, 1.82) is 0 Å². The van der Waals surface area contributed by atoms with Crippen LogP contribution in [0.4, 0.5) is 4.79 Å². The molecule has 6 heteroatoms. The molecule has 0 aromatic carbocycles. The number of ether oxygens (including phenoxy) is 2. The van der Waals surface area contributed by atoms with Crippen LogP contribution in [0.3, 0.4) is 0 Å². The van der Waals surface area contributed by atoms with Crippen molar-refractivity contribution in [3.63, 3.8) is 0 Å². The fourth-order valence-corrected chi connectivity index (χ4v) is 3.52. The highest BCUT2D eigenvalue weighted by molar-refractivity contribution is 7.17. The quantitative estimate of drug-likeness (QED) is 0.788. The van der Waals surface area contributed by atoms with Gasteiger partial charge in [0, 0.05) is 11.1 Å². The molecule has 0 aliphatic heterocycles. The summed E-state index contributed by atoms with van der Waals surface area (Å²) < 4.78 is 11.8. The molecular formula is C16H21NO4S. The average Bonchev–Trinajstić information content (AvgIpc) is 2.87. The molecule has 0 spiro atoms. The zero-order chi connectivity index (χ0) is 16.7. The first-order valence-electron chi connectivity index (χ1n) is 7.04. The van der Waals surface area contributed by atoms with E-state index in [9.17, 15) is 9.59 Å². The van der Waals surface area contributed by atoms with E-state index in [-0.39, 0.29) is 12.4 Å². The zero-order valence-corrected chi connectivity index (χ0v) is 14.6. The summed E-state index contributed by atoms with van der Waals surface area (Å²) in [4.78, 5) is 25.0. The van der Waals surface area contributed by atoms with Crippen LogP contribution >= 0.6 is 11.3 Å². The lowest BCUT2D eigenvalue weighted by atomic mass is 10.1. The van der Waals surface area contributed by atoms with Crippen LogP contribution in [-0.2, 0) is 20.7 Å². The molecule has 0 N–H and O–H groups in total. The summed E-state index contributed by atoms with van der Waals surface area (Å²) in [6, 6.07) is 0. The SMILES string of the molecule is COC(=O)Cc1c(C)n(C(=O)OC(C)(C)C)c2scc(C)c12. The van der Waals surface area contributed by atoms with E-state index < -0.39 is 11.7 Å². The lowest BCUT2D eigenvalue weighted by Gasteiger charge is -2.20. The first-order valence-corrected chi connectivity index (χ1v) is 7.91. The minimum Gasteiger partial charge on any atom is -0.469 e. The fourth-order valence-electron chi connectivity index (χ4n) is 2.39. The Morgan fingerprint density at radius 3 is 2.45 bits per heavy atom. The van der Waals surface area contributed by atoms with Crippen molar-refractivity contribution in [3.8, 4) is 0 Å². The van der Waals surface area contributed by atoms with Gasteiger partial charge in [-0.05, 0) is 51.1 Å². The number of rotatable bonds is 2. The highest BCUT2D eigenvalue weighted by atomic mass is 32.1. The average molecular weight is 323 g/mol. The third-order valence-electron chi connectivity index (χ3n) is 3.36. The van der Waals surface area contributed by atoms with Crippen LogP contribution in [0.1, 0.15) is 37.6 Å². The normalized spacial score (nSPS) is 11.7. The van der Waals surface area contributed by atoms with E-state index in [2.05, 4.69) is 0 Å². The molecule has 2 aromatic heterocycles. The predicted molar refractivity (Wildman–Crippen MR) is 86.6 cm³/mol. The Balaban J connectivity index is 2.58. The third kappa shape index (κ3) is 3.02. The van der Waals surface area contributed by atoms with Crippen molar-refractivity contribution in [1.82, 2.24) is 4.57 Å². The number of hydrogen-bond donors (Lipinski definition) is 0. The van der Waals surface area contributed by atoms with Crippen molar-refractivity contribution >= 4 is 33.6 Å². The van der Waals surface area contributed by atoms with Gasteiger partial charge in [0.15, 0.2) is 0 Å². The van der Waals surface area contributed by atoms with Crippen LogP contribution in [-0.4, -0.2) is 29.3 Å². The molecule has 0 aliphatic carbocycles. The van der Waals surface area contributed by atoms with Crippen molar-refractivity contribution in [2.45, 2.75) is 46.6 Å². The standard InChI is InChI=1S/C16H21NO4S/c1-9-8-22-14-13(9)11(7-12(18)20-6)10(2)17(14)15(19)21-16(3,4)5/h8H,7H2,1-6H3. The van der Waals surface area contributed by atoms with Gasteiger partial charge >= 0.3 is 12.1 Å². The molecule has 2 heterocycles. The molecule has 0 fully saturated rings. The van der Waals surface area contributed by atoms with Gasteiger partial charge in [0.25, 0.3) is 0 Å². The second kappa shape index (κ2) is 5.76. The summed E-state index contributed by atoms with van der Waals surface area (Å²) in [5.41, 5.74) is 2.02. The molecule has 22 heavy (non-hydrogen) atoms. The number of thiophene rings is 1. The Hall–Kier alpha value is -1.82. The topological polar surface area (TPSA) is 57.5 Å². The van der Waals surface area contributed by atoms with E-state index in [0.717, 1.165) is 27.0 Å². The minimum absolute atomic E-state index is 0.145. The Morgan fingerprint density at radius 2 is 1.91 bits per heavy atom. The largest absolute Gasteiger partial charge is 0.469 e. The number of nitrogens with zero attached hydrogens (tertiary/aromatic N) is 1. The number of carbonyl (C=O) groups is 2. The number of aromatic nitrogens is 1. The van der Waals surface area contributed by atoms with Crippen molar-refractivity contribution in [2.24, 2.45) is 0 Å². The maximum atomic E-state index is 12.5. The molecule has 0 amide bonds. The Kier molecular flexibility index (Phi) is 4.33. The second-order valence-electron chi connectivity index (χ2n) is 6.23. The molecule has 2 rings (SSSR count). The van der Waals surface area contributed by atoms with Gasteiger partial charge in [-0.1, -0.05) is 0 Å². The molecule has 0 radical (unpaired) electrons. The van der Waals surface area contributed by atoms with E-state index in [1.165, 1.54) is 18.4 Å². The predicted octanol–water partition coefficient (Wildman–Crippen LogP) is 3.82. The van der Waals surface area contributed by atoms with Crippen LogP contribution in [0.5, 0.6) is 0 Å². The fraction of sp³-hybridized carbons (Fsp3) is 0.500. The van der Waals surface area contributed by atoms with Gasteiger partial charge in [0.05, 0.1) is 13.5 Å². The zero-order valence-electron chi connectivity index (χ0n) is 13.8. The molecule has 2 aromatic rings. The molecule has 5 nitrogen and oxygen atoms in total. The Labute approximate surface area is 133 Å². The maximum Gasteiger partial charge on any atom is 0.419 e. The molecule has 120 valence electrons. The molecule has 0 saturated carbocycles. The van der Waals surface area contributed by atoms with Gasteiger partial charge in [-0.15, -0.1) is 11.3 Å². The second-order valence-corrected chi connectivity index (χ2v) is 7.09. The Morgan fingerprint density at radius 1 is 1.27 bits per heavy atom. The van der Waals surface area contributed by atoms with E-state index in [1.54, 1.807) is 4.57 Å². The van der Waals surface area contributed by atoms with Gasteiger partial charge in [-0.25, -0.2) is 9.36 Å². The number of hydrogen-bond acceptors (Lipinski definition) is 5. The third-order valence-corrected chi connectivity index (χ3v) is 4.44. The van der Waals surface area contributed by atoms with Gasteiger partial charge in [-0.3, -0.25) is 4.79 Å². The van der Waals surface area contributed by atoms with E-state index in [4.69, 9.17) is 9.47 Å². The van der Waals surface area contributed by atoms with Gasteiger partial charge in [0.2, 0.25) is 0 Å². The van der Waals surface area contributed by atoms with Crippen LogP contribution in [0, 0.1) is 13.8 Å². The number of esters is 1. The lowest BCUT2D eigenvalue weighted by molar-refractivity contribution is -0.139. The maximum absolute atomic E-state index is 12.5. The van der Waals surface area contributed by atoms with Crippen LogP contribution in [0.25, 0.3) is 10.2 Å². The molecule has 0 atom stereocenters. The van der Waals surface area contributed by atoms with E-state index >= 15 is 0 Å². The monoisotopic (exact) mass is 323 g/mol. The van der Waals surface area contributed by atoms with Crippen molar-refractivity contribution < 1.29 is 19.1 Å². The van der Waals surface area contributed by atoms with Crippen LogP contribution in [0.15, 0.2) is 5.38 Å². The highest BCUT2D eigenvalue weighted by Crippen LogP contribution is 2.34. The van der Waals surface area contributed by atoms with Crippen LogP contribution < -0.4 is 0 Å². The van der Waals surface area contributed by atoms with Crippen molar-refractivity contribution in [3.05, 3.63) is 22.2 Å².